The van der Waals surface area contributed by atoms with Gasteiger partial charge in [-0.25, -0.2) is 0 Å². The lowest BCUT2D eigenvalue weighted by molar-refractivity contribution is -0.245. The maximum Gasteiger partial charge on any atom is 0.179 e. The van der Waals surface area contributed by atoms with Crippen LogP contribution in [0.1, 0.15) is 46.5 Å². The fraction of sp³-hybridized carbons (Fsp3) is 1.00. The molecule has 16 heavy (non-hydrogen) atoms. The molecule has 1 aliphatic carbocycles. The van der Waals surface area contributed by atoms with Crippen LogP contribution in [-0.4, -0.2) is 39.5 Å². The Labute approximate surface area is 97.4 Å². The van der Waals surface area contributed by atoms with Crippen molar-refractivity contribution in [2.75, 3.05) is 13.1 Å². The molecule has 3 rings (SSSR count). The van der Waals surface area contributed by atoms with Crippen LogP contribution < -0.4 is 0 Å². The van der Waals surface area contributed by atoms with E-state index in [4.69, 9.17) is 0 Å². The van der Waals surface area contributed by atoms with Gasteiger partial charge in [-0.3, -0.25) is 4.90 Å². The van der Waals surface area contributed by atoms with Crippen molar-refractivity contribution in [3.8, 4) is 0 Å². The number of hydrogen-bond donors (Lipinski definition) is 2. The van der Waals surface area contributed by atoms with Crippen molar-refractivity contribution in [2.24, 2.45) is 10.8 Å². The largest absolute Gasteiger partial charge is 0.364 e. The molecule has 0 aromatic carbocycles. The van der Waals surface area contributed by atoms with Gasteiger partial charge in [0.15, 0.2) is 5.79 Å². The van der Waals surface area contributed by atoms with Gasteiger partial charge in [-0.15, -0.1) is 0 Å². The highest BCUT2D eigenvalue weighted by atomic mass is 16.5. The molecule has 3 aliphatic rings. The first kappa shape index (κ1) is 11.0. The third kappa shape index (κ3) is 1.09. The molecule has 1 atom stereocenters. The molecule has 1 unspecified atom stereocenters. The van der Waals surface area contributed by atoms with E-state index in [-0.39, 0.29) is 5.41 Å². The van der Waals surface area contributed by atoms with Crippen molar-refractivity contribution in [3.05, 3.63) is 0 Å². The van der Waals surface area contributed by atoms with Crippen molar-refractivity contribution in [3.63, 3.8) is 0 Å². The van der Waals surface area contributed by atoms with Crippen LogP contribution in [-0.2, 0) is 0 Å². The highest BCUT2D eigenvalue weighted by molar-refractivity contribution is 5.22. The molecule has 2 aliphatic heterocycles. The molecule has 2 heterocycles. The van der Waals surface area contributed by atoms with Crippen LogP contribution in [0, 0.1) is 10.8 Å². The van der Waals surface area contributed by atoms with Crippen LogP contribution in [0.2, 0.25) is 0 Å². The van der Waals surface area contributed by atoms with Crippen molar-refractivity contribution < 1.29 is 10.2 Å². The number of hydrogen-bond acceptors (Lipinski definition) is 3. The molecular weight excluding hydrogens is 202 g/mol. The summed E-state index contributed by atoms with van der Waals surface area (Å²) < 4.78 is 0. The van der Waals surface area contributed by atoms with Crippen LogP contribution in [0.5, 0.6) is 0 Å². The van der Waals surface area contributed by atoms with Gasteiger partial charge in [0.2, 0.25) is 0 Å². The number of aliphatic hydroxyl groups is 2. The highest BCUT2D eigenvalue weighted by Gasteiger charge is 2.71. The summed E-state index contributed by atoms with van der Waals surface area (Å²) in [6.07, 6.45) is 4.59. The molecule has 0 aromatic heterocycles. The lowest BCUT2D eigenvalue weighted by Crippen LogP contribution is -2.63. The standard InChI is InChI=1S/C13H23NO2/c1-10(2)6-7-14-9-12(4-5-12)8-13(10,14)11(3,15)16/h15-16H,4-9H2,1-3H3. The van der Waals surface area contributed by atoms with Crippen molar-refractivity contribution >= 4 is 0 Å². The number of fused-ring (bicyclic) bond motifs is 1. The van der Waals surface area contributed by atoms with Crippen LogP contribution in [0.15, 0.2) is 0 Å². The van der Waals surface area contributed by atoms with Crippen LogP contribution in [0.25, 0.3) is 0 Å². The Morgan fingerprint density at radius 3 is 2.19 bits per heavy atom. The molecule has 2 N–H and O–H groups in total. The Balaban J connectivity index is 2.07. The molecule has 3 nitrogen and oxygen atoms in total. The quantitative estimate of drug-likeness (QED) is 0.662. The minimum atomic E-state index is -1.58. The molecule has 2 saturated heterocycles. The molecule has 0 radical (unpaired) electrons. The fourth-order valence-corrected chi connectivity index (χ4v) is 4.43. The Morgan fingerprint density at radius 1 is 1.12 bits per heavy atom. The molecule has 0 amide bonds. The Bertz CT molecular complexity index is 327. The lowest BCUT2D eigenvalue weighted by Gasteiger charge is -2.49. The summed E-state index contributed by atoms with van der Waals surface area (Å²) in [4.78, 5) is 2.36. The second kappa shape index (κ2) is 2.65. The zero-order chi connectivity index (χ0) is 11.8. The predicted molar refractivity (Wildman–Crippen MR) is 61.8 cm³/mol. The van der Waals surface area contributed by atoms with Crippen LogP contribution in [0.4, 0.5) is 0 Å². The third-order valence-corrected chi connectivity index (χ3v) is 5.56. The number of nitrogens with zero attached hydrogens (tertiary/aromatic N) is 1. The van der Waals surface area contributed by atoms with E-state index >= 15 is 0 Å². The van der Waals surface area contributed by atoms with Gasteiger partial charge in [0.1, 0.15) is 0 Å². The average molecular weight is 225 g/mol. The summed E-state index contributed by atoms with van der Waals surface area (Å²) in [5.41, 5.74) is -0.00174. The van der Waals surface area contributed by atoms with Crippen molar-refractivity contribution in [1.82, 2.24) is 4.90 Å². The van der Waals surface area contributed by atoms with Crippen LogP contribution >= 0.6 is 0 Å². The maximum absolute atomic E-state index is 10.3. The van der Waals surface area contributed by atoms with E-state index in [1.807, 2.05) is 0 Å². The van der Waals surface area contributed by atoms with Gasteiger partial charge in [0, 0.05) is 6.54 Å². The second-order valence-corrected chi connectivity index (χ2v) is 7.11. The van der Waals surface area contributed by atoms with Gasteiger partial charge in [0.25, 0.3) is 0 Å². The van der Waals surface area contributed by atoms with Gasteiger partial charge in [-0.1, -0.05) is 13.8 Å². The van der Waals surface area contributed by atoms with Crippen molar-refractivity contribution in [2.45, 2.75) is 57.8 Å². The normalized spacial score (nSPS) is 40.3. The van der Waals surface area contributed by atoms with Crippen molar-refractivity contribution in [1.29, 1.82) is 0 Å². The van der Waals surface area contributed by atoms with Gasteiger partial charge in [-0.05, 0) is 50.0 Å². The average Bonchev–Trinajstić information content (AvgIpc) is 2.66. The lowest BCUT2D eigenvalue weighted by atomic mass is 9.66. The van der Waals surface area contributed by atoms with Gasteiger partial charge in [0.05, 0.1) is 5.54 Å². The maximum atomic E-state index is 10.3. The zero-order valence-corrected chi connectivity index (χ0v) is 10.6. The van der Waals surface area contributed by atoms with Gasteiger partial charge in [-0.2, -0.15) is 0 Å². The molecule has 0 aromatic rings. The van der Waals surface area contributed by atoms with E-state index < -0.39 is 11.3 Å². The first-order chi connectivity index (χ1) is 7.23. The first-order valence-electron chi connectivity index (χ1n) is 6.42. The van der Waals surface area contributed by atoms with Gasteiger partial charge < -0.3 is 10.2 Å². The molecule has 0 bridgehead atoms. The molecule has 3 heteroatoms. The summed E-state index contributed by atoms with van der Waals surface area (Å²) in [5, 5.41) is 20.6. The number of rotatable bonds is 1. The summed E-state index contributed by atoms with van der Waals surface area (Å²) in [5.74, 6) is -1.58. The van der Waals surface area contributed by atoms with E-state index in [9.17, 15) is 10.2 Å². The van der Waals surface area contributed by atoms with Gasteiger partial charge >= 0.3 is 0 Å². The third-order valence-electron chi connectivity index (χ3n) is 5.56. The van der Waals surface area contributed by atoms with E-state index in [1.165, 1.54) is 12.8 Å². The molecule has 92 valence electrons. The smallest absolute Gasteiger partial charge is 0.179 e. The highest BCUT2D eigenvalue weighted by Crippen LogP contribution is 2.67. The summed E-state index contributed by atoms with van der Waals surface area (Å²) >= 11 is 0. The summed E-state index contributed by atoms with van der Waals surface area (Å²) in [6, 6.07) is 0. The Kier molecular flexibility index (Phi) is 1.82. The van der Waals surface area contributed by atoms with E-state index in [1.54, 1.807) is 6.92 Å². The zero-order valence-electron chi connectivity index (χ0n) is 10.6. The minimum absolute atomic E-state index is 0.00264. The Hall–Kier alpha value is -0.120. The molecule has 1 saturated carbocycles. The predicted octanol–water partition coefficient (Wildman–Crippen LogP) is 1.34. The van der Waals surface area contributed by atoms with E-state index in [0.29, 0.717) is 5.41 Å². The second-order valence-electron chi connectivity index (χ2n) is 7.11. The minimum Gasteiger partial charge on any atom is -0.364 e. The Morgan fingerprint density at radius 2 is 1.75 bits per heavy atom. The molecular formula is C13H23NO2. The summed E-state index contributed by atoms with van der Waals surface area (Å²) in [7, 11) is 0. The van der Waals surface area contributed by atoms with Crippen LogP contribution in [0.3, 0.4) is 0 Å². The summed E-state index contributed by atoms with van der Waals surface area (Å²) in [6.45, 7) is 8.06. The monoisotopic (exact) mass is 225 g/mol. The topological polar surface area (TPSA) is 43.7 Å². The fourth-order valence-electron chi connectivity index (χ4n) is 4.43. The molecule has 3 fully saturated rings. The SMILES string of the molecule is CC(O)(O)C12CC3(CC3)CN1CCC2(C)C. The van der Waals surface area contributed by atoms with E-state index in [0.717, 1.165) is 25.9 Å². The van der Waals surface area contributed by atoms with E-state index in [2.05, 4.69) is 18.7 Å². The molecule has 1 spiro atoms. The first-order valence-corrected chi connectivity index (χ1v) is 6.42.